The van der Waals surface area contributed by atoms with E-state index in [0.717, 1.165) is 5.69 Å². The number of carbonyl (C=O) groups is 1. The second kappa shape index (κ2) is 5.39. The number of hydrogen-bond donors (Lipinski definition) is 1. The quantitative estimate of drug-likeness (QED) is 0.911. The van der Waals surface area contributed by atoms with Crippen LogP contribution in [0.25, 0.3) is 6.08 Å². The van der Waals surface area contributed by atoms with Gasteiger partial charge in [-0.2, -0.15) is 0 Å². The normalized spacial score (nSPS) is 21.7. The Morgan fingerprint density at radius 3 is 2.92 bits per heavy atom. The Kier molecular flexibility index (Phi) is 3.40. The number of carbonyl (C=O) groups excluding carboxylic acids is 1. The van der Waals surface area contributed by atoms with Crippen molar-refractivity contribution in [1.29, 1.82) is 0 Å². The summed E-state index contributed by atoms with van der Waals surface area (Å²) in [6, 6.07) is 6.41. The fraction of sp³-hybridized carbons (Fsp3) is 0.263. The van der Waals surface area contributed by atoms with Crippen molar-refractivity contribution in [3.8, 4) is 5.88 Å². The maximum Gasteiger partial charge on any atom is 0.214 e. The largest absolute Gasteiger partial charge is 0.481 e. The van der Waals surface area contributed by atoms with E-state index in [1.165, 1.54) is 13.2 Å². The average Bonchev–Trinajstić information content (AvgIpc) is 2.95. The molecule has 0 unspecified atom stereocenters. The maximum atomic E-state index is 13.9. The van der Waals surface area contributed by atoms with Gasteiger partial charge in [-0.25, -0.2) is 9.37 Å². The van der Waals surface area contributed by atoms with E-state index in [1.54, 1.807) is 37.4 Å². The summed E-state index contributed by atoms with van der Waals surface area (Å²) in [7, 11) is 1.53. The summed E-state index contributed by atoms with van der Waals surface area (Å²) >= 11 is 0. The number of aromatic nitrogens is 1. The SMILES string of the molecule is COc1cc(N2CC[C@@]3(O)C(=O)c4cc(F)c(C)cc4C=C23)ccn1. The first kappa shape index (κ1) is 15.8. The van der Waals surface area contributed by atoms with Gasteiger partial charge in [0.15, 0.2) is 5.60 Å². The highest BCUT2D eigenvalue weighted by molar-refractivity contribution is 6.11. The van der Waals surface area contributed by atoms with Crippen molar-refractivity contribution in [2.45, 2.75) is 18.9 Å². The lowest BCUT2D eigenvalue weighted by atomic mass is 9.81. The number of ketones is 1. The molecule has 2 aliphatic rings. The summed E-state index contributed by atoms with van der Waals surface area (Å²) in [5.41, 5.74) is 0.961. The number of aryl methyl sites for hydroxylation is 1. The number of rotatable bonds is 2. The van der Waals surface area contributed by atoms with Crippen LogP contribution in [0.1, 0.15) is 27.9 Å². The topological polar surface area (TPSA) is 62.7 Å². The number of methoxy groups -OCH3 is 1. The van der Waals surface area contributed by atoms with Crippen LogP contribution in [0.3, 0.4) is 0 Å². The molecule has 25 heavy (non-hydrogen) atoms. The highest BCUT2D eigenvalue weighted by Crippen LogP contribution is 2.43. The smallest absolute Gasteiger partial charge is 0.214 e. The molecule has 1 fully saturated rings. The minimum Gasteiger partial charge on any atom is -0.481 e. The lowest BCUT2D eigenvalue weighted by molar-refractivity contribution is 0.0511. The zero-order chi connectivity index (χ0) is 17.8. The number of benzene rings is 1. The van der Waals surface area contributed by atoms with Crippen LogP contribution in [0.2, 0.25) is 0 Å². The molecule has 2 heterocycles. The van der Waals surface area contributed by atoms with Gasteiger partial charge in [0.2, 0.25) is 11.7 Å². The average molecular weight is 340 g/mol. The fourth-order valence-corrected chi connectivity index (χ4v) is 3.51. The first-order chi connectivity index (χ1) is 11.9. The lowest BCUT2D eigenvalue weighted by Crippen LogP contribution is -2.42. The molecule has 5 nitrogen and oxygen atoms in total. The number of Topliss-reactive ketones (excluding diaryl/α,β-unsaturated/α-hetero) is 1. The third kappa shape index (κ3) is 2.25. The predicted octanol–water partition coefficient (Wildman–Crippen LogP) is 2.72. The van der Waals surface area contributed by atoms with Crippen LogP contribution in [0.4, 0.5) is 10.1 Å². The van der Waals surface area contributed by atoms with Crippen molar-refractivity contribution in [3.05, 3.63) is 58.7 Å². The van der Waals surface area contributed by atoms with E-state index in [0.29, 0.717) is 29.2 Å². The number of halogens is 1. The number of anilines is 1. The first-order valence-corrected chi connectivity index (χ1v) is 8.01. The Hall–Kier alpha value is -2.73. The van der Waals surface area contributed by atoms with Crippen LogP contribution in [-0.2, 0) is 0 Å². The molecule has 1 aliphatic carbocycles. The molecule has 1 N–H and O–H groups in total. The molecule has 0 spiro atoms. The molecule has 0 bridgehead atoms. The first-order valence-electron chi connectivity index (χ1n) is 8.01. The summed E-state index contributed by atoms with van der Waals surface area (Å²) in [5, 5.41) is 11.0. The molecule has 1 atom stereocenters. The standard InChI is InChI=1S/C19H17FN2O3/c1-11-7-12-8-16-19(24,18(23)14(12)10-15(11)20)4-6-22(16)13-3-5-21-17(9-13)25-2/h3,5,7-10,24H,4,6H2,1-2H3/t19-/m0/s1. The Morgan fingerprint density at radius 1 is 1.36 bits per heavy atom. The van der Waals surface area contributed by atoms with Crippen LogP contribution >= 0.6 is 0 Å². The van der Waals surface area contributed by atoms with Crippen molar-refractivity contribution in [2.24, 2.45) is 0 Å². The molecule has 0 radical (unpaired) electrons. The predicted molar refractivity (Wildman–Crippen MR) is 91.1 cm³/mol. The van der Waals surface area contributed by atoms with Crippen molar-refractivity contribution in [3.63, 3.8) is 0 Å². The zero-order valence-electron chi connectivity index (χ0n) is 13.9. The highest BCUT2D eigenvalue weighted by Gasteiger charge is 2.50. The van der Waals surface area contributed by atoms with Gasteiger partial charge in [-0.3, -0.25) is 4.79 Å². The van der Waals surface area contributed by atoms with E-state index >= 15 is 0 Å². The lowest BCUT2D eigenvalue weighted by Gasteiger charge is -2.31. The molecule has 6 heteroatoms. The van der Waals surface area contributed by atoms with E-state index in [-0.39, 0.29) is 12.0 Å². The van der Waals surface area contributed by atoms with Gasteiger partial charge in [0, 0.05) is 36.5 Å². The molecule has 1 aromatic heterocycles. The van der Waals surface area contributed by atoms with Gasteiger partial charge < -0.3 is 14.7 Å². The molecule has 2 aromatic rings. The number of nitrogens with zero attached hydrogens (tertiary/aromatic N) is 2. The van der Waals surface area contributed by atoms with Gasteiger partial charge >= 0.3 is 0 Å². The minimum absolute atomic E-state index is 0.225. The van der Waals surface area contributed by atoms with Gasteiger partial charge in [0.05, 0.1) is 12.8 Å². The van der Waals surface area contributed by atoms with Gasteiger partial charge in [-0.15, -0.1) is 0 Å². The number of fused-ring (bicyclic) bond motifs is 2. The number of aliphatic hydroxyl groups is 1. The molecule has 1 aliphatic heterocycles. The monoisotopic (exact) mass is 340 g/mol. The summed E-state index contributed by atoms with van der Waals surface area (Å²) < 4.78 is 19.0. The number of hydrogen-bond acceptors (Lipinski definition) is 5. The van der Waals surface area contributed by atoms with Crippen LogP contribution in [0.15, 0.2) is 36.2 Å². The Bertz CT molecular complexity index is 925. The van der Waals surface area contributed by atoms with Gasteiger partial charge in [0.1, 0.15) is 5.82 Å². The van der Waals surface area contributed by atoms with Crippen LogP contribution in [0.5, 0.6) is 5.88 Å². The zero-order valence-corrected chi connectivity index (χ0v) is 13.9. The van der Waals surface area contributed by atoms with Gasteiger partial charge in [0.25, 0.3) is 0 Å². The molecular weight excluding hydrogens is 323 g/mol. The number of ether oxygens (including phenoxy) is 1. The van der Waals surface area contributed by atoms with Crippen molar-refractivity contribution in [2.75, 3.05) is 18.6 Å². The molecule has 0 saturated carbocycles. The second-order valence-corrected chi connectivity index (χ2v) is 6.37. The molecule has 0 amide bonds. The van der Waals surface area contributed by atoms with E-state index in [4.69, 9.17) is 4.74 Å². The third-order valence-electron chi connectivity index (χ3n) is 4.89. The minimum atomic E-state index is -1.63. The molecule has 4 rings (SSSR count). The van der Waals surface area contributed by atoms with E-state index < -0.39 is 17.2 Å². The summed E-state index contributed by atoms with van der Waals surface area (Å²) in [4.78, 5) is 18.8. The Balaban J connectivity index is 1.86. The van der Waals surface area contributed by atoms with E-state index in [2.05, 4.69) is 4.98 Å². The Morgan fingerprint density at radius 2 is 2.16 bits per heavy atom. The summed E-state index contributed by atoms with van der Waals surface area (Å²) in [6.45, 7) is 2.12. The van der Waals surface area contributed by atoms with Crippen molar-refractivity contribution >= 4 is 17.5 Å². The van der Waals surface area contributed by atoms with E-state index in [9.17, 15) is 14.3 Å². The number of pyridine rings is 1. The highest BCUT2D eigenvalue weighted by atomic mass is 19.1. The molecule has 1 aromatic carbocycles. The second-order valence-electron chi connectivity index (χ2n) is 6.37. The van der Waals surface area contributed by atoms with Crippen molar-refractivity contribution in [1.82, 2.24) is 4.98 Å². The summed E-state index contributed by atoms with van der Waals surface area (Å²) in [6.07, 6.45) is 3.63. The van der Waals surface area contributed by atoms with Gasteiger partial charge in [-0.1, -0.05) is 0 Å². The fourth-order valence-electron chi connectivity index (χ4n) is 3.51. The van der Waals surface area contributed by atoms with Crippen LogP contribution < -0.4 is 9.64 Å². The van der Waals surface area contributed by atoms with Gasteiger partial charge in [-0.05, 0) is 42.3 Å². The Labute approximate surface area is 144 Å². The van der Waals surface area contributed by atoms with Crippen LogP contribution in [-0.4, -0.2) is 35.1 Å². The van der Waals surface area contributed by atoms with Crippen molar-refractivity contribution < 1.29 is 19.0 Å². The molecule has 128 valence electrons. The molecule has 1 saturated heterocycles. The van der Waals surface area contributed by atoms with E-state index in [1.807, 2.05) is 4.90 Å². The molecular formula is C19H17FN2O3. The third-order valence-corrected chi connectivity index (χ3v) is 4.89. The van der Waals surface area contributed by atoms with Crippen LogP contribution in [0, 0.1) is 12.7 Å². The maximum absolute atomic E-state index is 13.9. The summed E-state index contributed by atoms with van der Waals surface area (Å²) in [5.74, 6) is -0.447.